The van der Waals surface area contributed by atoms with Crippen LogP contribution in [0.2, 0.25) is 0 Å². The van der Waals surface area contributed by atoms with Gasteiger partial charge in [0.15, 0.2) is 0 Å². The minimum absolute atomic E-state index is 0.485. The van der Waals surface area contributed by atoms with E-state index in [1.807, 2.05) is 42.1 Å². The van der Waals surface area contributed by atoms with E-state index >= 15 is 0 Å². The summed E-state index contributed by atoms with van der Waals surface area (Å²) < 4.78 is 1.82. The molecule has 0 saturated carbocycles. The zero-order chi connectivity index (χ0) is 12.3. The third-order valence-electron chi connectivity index (χ3n) is 2.99. The smallest absolute Gasteiger partial charge is 0.0988 e. The summed E-state index contributed by atoms with van der Waals surface area (Å²) in [4.78, 5) is 0. The average Bonchev–Trinajstić information content (AvgIpc) is 2.68. The van der Waals surface area contributed by atoms with E-state index in [0.717, 1.165) is 35.9 Å². The Hall–Kier alpha value is -1.61. The second-order valence-corrected chi connectivity index (χ2v) is 4.26. The number of hydrogen-bond acceptors (Lipinski definition) is 2. The first-order valence-corrected chi connectivity index (χ1v) is 5.94. The van der Waals surface area contributed by atoms with Crippen molar-refractivity contribution in [2.75, 3.05) is 0 Å². The molecule has 0 aliphatic carbocycles. The molecule has 0 saturated heterocycles. The fourth-order valence-electron chi connectivity index (χ4n) is 2.08. The summed E-state index contributed by atoms with van der Waals surface area (Å²) in [5.74, 6) is 0. The van der Waals surface area contributed by atoms with E-state index in [4.69, 9.17) is 0 Å². The highest BCUT2D eigenvalue weighted by Gasteiger charge is 2.15. The third kappa shape index (κ3) is 2.39. The Bertz CT molecular complexity index is 516. The minimum Gasteiger partial charge on any atom is -0.387 e. The van der Waals surface area contributed by atoms with Crippen LogP contribution in [0.25, 0.3) is 10.9 Å². The van der Waals surface area contributed by atoms with Gasteiger partial charge in [0, 0.05) is 12.4 Å². The molecule has 17 heavy (non-hydrogen) atoms. The molecule has 0 fully saturated rings. The molecule has 3 heteroatoms. The van der Waals surface area contributed by atoms with Crippen LogP contribution in [0.4, 0.5) is 0 Å². The van der Waals surface area contributed by atoms with Crippen molar-refractivity contribution in [3.63, 3.8) is 0 Å². The van der Waals surface area contributed by atoms with E-state index in [0.29, 0.717) is 0 Å². The van der Waals surface area contributed by atoms with Gasteiger partial charge < -0.3 is 5.11 Å². The zero-order valence-corrected chi connectivity index (χ0v) is 10.1. The Balaban J connectivity index is 2.25. The van der Waals surface area contributed by atoms with Crippen LogP contribution in [0.1, 0.15) is 31.1 Å². The first-order chi connectivity index (χ1) is 8.24. The van der Waals surface area contributed by atoms with Crippen molar-refractivity contribution in [1.82, 2.24) is 9.78 Å². The molecule has 0 radical (unpaired) electrons. The van der Waals surface area contributed by atoms with Gasteiger partial charge in [-0.05, 0) is 25.3 Å². The molecule has 1 aromatic carbocycles. The van der Waals surface area contributed by atoms with E-state index in [9.17, 15) is 5.11 Å². The van der Waals surface area contributed by atoms with Crippen LogP contribution in [0.3, 0.4) is 0 Å². The highest BCUT2D eigenvalue weighted by atomic mass is 16.3. The minimum atomic E-state index is -0.485. The lowest BCUT2D eigenvalue weighted by molar-refractivity contribution is 0.161. The second kappa shape index (κ2) is 5.15. The molecule has 90 valence electrons. The van der Waals surface area contributed by atoms with Gasteiger partial charge in [-0.3, -0.25) is 4.68 Å². The number of aromatic nitrogens is 2. The average molecular weight is 230 g/mol. The van der Waals surface area contributed by atoms with Crippen molar-refractivity contribution >= 4 is 10.9 Å². The van der Waals surface area contributed by atoms with E-state index < -0.39 is 6.10 Å². The van der Waals surface area contributed by atoms with Crippen LogP contribution in [-0.4, -0.2) is 14.9 Å². The maximum Gasteiger partial charge on any atom is 0.0988 e. The first-order valence-electron chi connectivity index (χ1n) is 5.94. The summed E-state index contributed by atoms with van der Waals surface area (Å²) in [6.07, 6.45) is 3.99. The van der Waals surface area contributed by atoms with Crippen molar-refractivity contribution in [2.24, 2.45) is 7.05 Å². The molecule has 0 aliphatic rings. The van der Waals surface area contributed by atoms with Gasteiger partial charge in [-0.25, -0.2) is 0 Å². The molecular weight excluding hydrogens is 212 g/mol. The monoisotopic (exact) mass is 230 g/mol. The van der Waals surface area contributed by atoms with Crippen molar-refractivity contribution in [3.05, 3.63) is 42.6 Å². The van der Waals surface area contributed by atoms with Gasteiger partial charge in [-0.2, -0.15) is 5.10 Å². The van der Waals surface area contributed by atoms with Gasteiger partial charge in [0.1, 0.15) is 0 Å². The highest BCUT2D eigenvalue weighted by Crippen LogP contribution is 2.26. The molecule has 3 nitrogen and oxygen atoms in total. The Labute approximate surface area is 101 Å². The summed E-state index contributed by atoms with van der Waals surface area (Å²) in [5, 5.41) is 15.6. The van der Waals surface area contributed by atoms with E-state index in [1.165, 1.54) is 0 Å². The quantitative estimate of drug-likeness (QED) is 0.633. The lowest BCUT2D eigenvalue weighted by Crippen LogP contribution is -2.00. The fourth-order valence-corrected chi connectivity index (χ4v) is 2.08. The lowest BCUT2D eigenvalue weighted by Gasteiger charge is -2.06. The Morgan fingerprint density at radius 3 is 3.00 bits per heavy atom. The Morgan fingerprint density at radius 1 is 1.47 bits per heavy atom. The number of rotatable bonds is 5. The van der Waals surface area contributed by atoms with E-state index in [2.05, 4.69) is 11.7 Å². The maximum atomic E-state index is 10.1. The molecule has 1 aromatic heterocycles. The molecule has 1 unspecified atom stereocenters. The molecule has 2 aromatic rings. The SMILES string of the molecule is C=CCCCC(O)c1nn(C)c2ccccc12. The Kier molecular flexibility index (Phi) is 3.59. The normalized spacial score (nSPS) is 12.8. The highest BCUT2D eigenvalue weighted by molar-refractivity contribution is 5.82. The van der Waals surface area contributed by atoms with Gasteiger partial charge in [0.2, 0.25) is 0 Å². The van der Waals surface area contributed by atoms with Crippen molar-refractivity contribution in [1.29, 1.82) is 0 Å². The number of unbranched alkanes of at least 4 members (excludes halogenated alkanes) is 1. The van der Waals surface area contributed by atoms with Gasteiger partial charge in [-0.1, -0.05) is 24.3 Å². The summed E-state index contributed by atoms with van der Waals surface area (Å²) in [5.41, 5.74) is 1.84. The number of aryl methyl sites for hydroxylation is 1. The summed E-state index contributed by atoms with van der Waals surface area (Å²) in [6, 6.07) is 7.98. The number of hydrogen-bond donors (Lipinski definition) is 1. The third-order valence-corrected chi connectivity index (χ3v) is 2.99. The van der Waals surface area contributed by atoms with Crippen LogP contribution in [0.15, 0.2) is 36.9 Å². The topological polar surface area (TPSA) is 38.1 Å². The summed E-state index contributed by atoms with van der Waals surface area (Å²) in [7, 11) is 1.91. The number of fused-ring (bicyclic) bond motifs is 1. The number of aliphatic hydroxyl groups excluding tert-OH is 1. The lowest BCUT2D eigenvalue weighted by atomic mass is 10.1. The van der Waals surface area contributed by atoms with Gasteiger partial charge in [-0.15, -0.1) is 6.58 Å². The van der Waals surface area contributed by atoms with Gasteiger partial charge in [0.25, 0.3) is 0 Å². The molecule has 0 aliphatic heterocycles. The number of benzene rings is 1. The van der Waals surface area contributed by atoms with Crippen LogP contribution >= 0.6 is 0 Å². The molecule has 1 atom stereocenters. The van der Waals surface area contributed by atoms with Crippen LogP contribution in [0.5, 0.6) is 0 Å². The van der Waals surface area contributed by atoms with Crippen molar-refractivity contribution in [3.8, 4) is 0 Å². The van der Waals surface area contributed by atoms with Gasteiger partial charge in [0.05, 0.1) is 17.3 Å². The van der Waals surface area contributed by atoms with Gasteiger partial charge >= 0.3 is 0 Å². The van der Waals surface area contributed by atoms with Crippen LogP contribution < -0.4 is 0 Å². The van der Waals surface area contributed by atoms with E-state index in [-0.39, 0.29) is 0 Å². The number of nitrogens with zero attached hydrogens (tertiary/aromatic N) is 2. The predicted molar refractivity (Wildman–Crippen MR) is 69.7 cm³/mol. The predicted octanol–water partition coefficient (Wildman–Crippen LogP) is 2.96. The van der Waals surface area contributed by atoms with Crippen LogP contribution in [0, 0.1) is 0 Å². The Morgan fingerprint density at radius 2 is 2.24 bits per heavy atom. The van der Waals surface area contributed by atoms with Crippen LogP contribution in [-0.2, 0) is 7.05 Å². The largest absolute Gasteiger partial charge is 0.387 e. The molecular formula is C14H18N2O. The maximum absolute atomic E-state index is 10.1. The standard InChI is InChI=1S/C14H18N2O/c1-3-4-5-10-13(17)14-11-8-6-7-9-12(11)16(2)15-14/h3,6-9,13,17H,1,4-5,10H2,2H3. The van der Waals surface area contributed by atoms with Crippen molar-refractivity contribution in [2.45, 2.75) is 25.4 Å². The summed E-state index contributed by atoms with van der Waals surface area (Å²) in [6.45, 7) is 3.68. The molecule has 0 amide bonds. The number of aliphatic hydroxyl groups is 1. The zero-order valence-electron chi connectivity index (χ0n) is 10.1. The molecule has 0 spiro atoms. The molecule has 0 bridgehead atoms. The molecule has 1 heterocycles. The first kappa shape index (κ1) is 11.9. The summed E-state index contributed by atoms with van der Waals surface area (Å²) >= 11 is 0. The molecule has 1 N–H and O–H groups in total. The number of allylic oxidation sites excluding steroid dienone is 1. The number of para-hydroxylation sites is 1. The van der Waals surface area contributed by atoms with Crippen molar-refractivity contribution < 1.29 is 5.11 Å². The van der Waals surface area contributed by atoms with E-state index in [1.54, 1.807) is 0 Å². The fraction of sp³-hybridized carbons (Fsp3) is 0.357. The second-order valence-electron chi connectivity index (χ2n) is 4.26. The molecule has 2 rings (SSSR count).